The summed E-state index contributed by atoms with van der Waals surface area (Å²) in [6.45, 7) is 2.74. The molecule has 29 heavy (non-hydrogen) atoms. The van der Waals surface area contributed by atoms with Gasteiger partial charge in [0.25, 0.3) is 5.90 Å². The molecule has 0 unspecified atom stereocenters. The van der Waals surface area contributed by atoms with Gasteiger partial charge in [0.2, 0.25) is 0 Å². The summed E-state index contributed by atoms with van der Waals surface area (Å²) in [5, 5.41) is 7.59. The Kier molecular flexibility index (Phi) is 7.35. The third kappa shape index (κ3) is 6.34. The van der Waals surface area contributed by atoms with Crippen molar-refractivity contribution in [1.82, 2.24) is 0 Å². The second-order valence-electron chi connectivity index (χ2n) is 5.86. The van der Waals surface area contributed by atoms with Gasteiger partial charge in [-0.3, -0.25) is 4.79 Å². The molecular formula is C20H19F3N2O4. The number of alkyl halides is 3. The number of benzene rings is 2. The third-order valence-electron chi connectivity index (χ3n) is 3.69. The number of hydrogen-bond acceptors (Lipinski definition) is 6. The average Bonchev–Trinajstić information content (AvgIpc) is 2.67. The molecule has 9 heteroatoms. The molecule has 0 bridgehead atoms. The molecule has 0 aliphatic rings. The van der Waals surface area contributed by atoms with Gasteiger partial charge >= 0.3 is 12.1 Å². The highest BCUT2D eigenvalue weighted by molar-refractivity contribution is 6.01. The maximum absolute atomic E-state index is 12.8. The molecule has 0 aliphatic carbocycles. The molecule has 0 saturated heterocycles. The molecule has 0 fully saturated rings. The monoisotopic (exact) mass is 408 g/mol. The number of nitrogens with zero attached hydrogens (tertiary/aromatic N) is 2. The van der Waals surface area contributed by atoms with E-state index in [0.29, 0.717) is 11.1 Å². The van der Waals surface area contributed by atoms with E-state index >= 15 is 0 Å². The van der Waals surface area contributed by atoms with Crippen molar-refractivity contribution < 1.29 is 32.4 Å². The SMILES string of the molecule is CO/N=C(/OC(C)=O)c1ccccc1CO/N=C(\C)c1cccc(C(F)(F)F)c1. The van der Waals surface area contributed by atoms with Crippen molar-refractivity contribution in [3.05, 3.63) is 70.8 Å². The van der Waals surface area contributed by atoms with E-state index in [0.717, 1.165) is 12.1 Å². The first-order valence-electron chi connectivity index (χ1n) is 8.44. The van der Waals surface area contributed by atoms with Crippen molar-refractivity contribution in [2.75, 3.05) is 7.11 Å². The van der Waals surface area contributed by atoms with Crippen LogP contribution in [0, 0.1) is 0 Å². The Balaban J connectivity index is 2.18. The number of carbonyl (C=O) groups is 1. The normalized spacial score (nSPS) is 12.5. The van der Waals surface area contributed by atoms with Crippen LogP contribution in [0.4, 0.5) is 13.2 Å². The summed E-state index contributed by atoms with van der Waals surface area (Å²) in [7, 11) is 1.31. The second kappa shape index (κ2) is 9.72. The number of ether oxygens (including phenoxy) is 1. The van der Waals surface area contributed by atoms with Crippen LogP contribution in [0.15, 0.2) is 58.8 Å². The van der Waals surface area contributed by atoms with E-state index < -0.39 is 17.7 Å². The van der Waals surface area contributed by atoms with Gasteiger partial charge in [-0.05, 0) is 35.8 Å². The van der Waals surface area contributed by atoms with Gasteiger partial charge in [-0.15, -0.1) is 0 Å². The fraction of sp³-hybridized carbons (Fsp3) is 0.250. The summed E-state index contributed by atoms with van der Waals surface area (Å²) in [5.74, 6) is -0.618. The van der Waals surface area contributed by atoms with Crippen molar-refractivity contribution in [2.45, 2.75) is 26.6 Å². The highest BCUT2D eigenvalue weighted by Crippen LogP contribution is 2.29. The minimum atomic E-state index is -4.44. The van der Waals surface area contributed by atoms with E-state index in [2.05, 4.69) is 10.3 Å². The van der Waals surface area contributed by atoms with Gasteiger partial charge < -0.3 is 14.4 Å². The van der Waals surface area contributed by atoms with Crippen LogP contribution < -0.4 is 0 Å². The van der Waals surface area contributed by atoms with E-state index in [9.17, 15) is 18.0 Å². The first kappa shape index (κ1) is 21.9. The van der Waals surface area contributed by atoms with Crippen molar-refractivity contribution in [3.63, 3.8) is 0 Å². The predicted molar refractivity (Wildman–Crippen MR) is 100 cm³/mol. The highest BCUT2D eigenvalue weighted by Gasteiger charge is 2.30. The van der Waals surface area contributed by atoms with Crippen molar-refractivity contribution in [3.8, 4) is 0 Å². The first-order chi connectivity index (χ1) is 13.7. The lowest BCUT2D eigenvalue weighted by molar-refractivity contribution is -0.137. The molecule has 154 valence electrons. The van der Waals surface area contributed by atoms with E-state index in [-0.39, 0.29) is 23.8 Å². The minimum Gasteiger partial charge on any atom is -0.404 e. The Hall–Kier alpha value is -3.36. The standard InChI is InChI=1S/C20H19F3N2O4/c1-13(15-8-6-9-17(11-15)20(21,22)23)24-28-12-16-7-4-5-10-18(16)19(25-27-3)29-14(2)26/h4-11H,12H2,1-3H3/b24-13+,25-19+. The molecule has 6 nitrogen and oxygen atoms in total. The zero-order chi connectivity index (χ0) is 21.4. The number of rotatable bonds is 6. The van der Waals surface area contributed by atoms with Crippen molar-refractivity contribution >= 4 is 17.6 Å². The zero-order valence-electron chi connectivity index (χ0n) is 16.0. The first-order valence-corrected chi connectivity index (χ1v) is 8.44. The Labute approximate surface area is 165 Å². The van der Waals surface area contributed by atoms with Crippen LogP contribution in [-0.2, 0) is 32.0 Å². The zero-order valence-corrected chi connectivity index (χ0v) is 16.0. The Bertz CT molecular complexity index is 924. The van der Waals surface area contributed by atoms with Crippen LogP contribution in [0.25, 0.3) is 0 Å². The van der Waals surface area contributed by atoms with Crippen molar-refractivity contribution in [1.29, 1.82) is 0 Å². The lowest BCUT2D eigenvalue weighted by atomic mass is 10.1. The van der Waals surface area contributed by atoms with E-state index in [1.54, 1.807) is 24.3 Å². The highest BCUT2D eigenvalue weighted by atomic mass is 19.4. The largest absolute Gasteiger partial charge is 0.416 e. The summed E-state index contributed by atoms with van der Waals surface area (Å²) in [6, 6.07) is 11.6. The molecule has 0 heterocycles. The second-order valence-corrected chi connectivity index (χ2v) is 5.86. The topological polar surface area (TPSA) is 69.5 Å². The molecule has 0 aliphatic heterocycles. The van der Waals surface area contributed by atoms with Gasteiger partial charge in [-0.1, -0.05) is 35.5 Å². The molecule has 2 rings (SSSR count). The summed E-state index contributed by atoms with van der Waals surface area (Å²) < 4.78 is 43.6. The number of esters is 1. The lowest BCUT2D eigenvalue weighted by Crippen LogP contribution is -2.14. The van der Waals surface area contributed by atoms with Crippen LogP contribution >= 0.6 is 0 Å². The van der Waals surface area contributed by atoms with Gasteiger partial charge in [-0.25, -0.2) is 0 Å². The summed E-state index contributed by atoms with van der Waals surface area (Å²) >= 11 is 0. The smallest absolute Gasteiger partial charge is 0.404 e. The predicted octanol–water partition coefficient (Wildman–Crippen LogP) is 4.52. The molecule has 0 aromatic heterocycles. The number of halogens is 3. The van der Waals surface area contributed by atoms with E-state index in [4.69, 9.17) is 14.4 Å². The number of oxime groups is 2. The van der Waals surface area contributed by atoms with Gasteiger partial charge in [0.1, 0.15) is 13.7 Å². The maximum atomic E-state index is 12.8. The molecule has 0 spiro atoms. The number of hydrogen-bond donors (Lipinski definition) is 0. The van der Waals surface area contributed by atoms with Crippen LogP contribution in [0.1, 0.15) is 36.1 Å². The third-order valence-corrected chi connectivity index (χ3v) is 3.69. The lowest BCUT2D eigenvalue weighted by Gasteiger charge is -2.11. The van der Waals surface area contributed by atoms with Gasteiger partial charge in [-0.2, -0.15) is 13.2 Å². The van der Waals surface area contributed by atoms with Crippen LogP contribution in [0.2, 0.25) is 0 Å². The quantitative estimate of drug-likeness (QED) is 0.305. The average molecular weight is 408 g/mol. The van der Waals surface area contributed by atoms with Gasteiger partial charge in [0.15, 0.2) is 0 Å². The summed E-state index contributed by atoms with van der Waals surface area (Å²) in [4.78, 5) is 21.3. The van der Waals surface area contributed by atoms with Gasteiger partial charge in [0.05, 0.1) is 11.3 Å². The molecule has 0 atom stereocenters. The van der Waals surface area contributed by atoms with Crippen LogP contribution in [0.3, 0.4) is 0 Å². The Morgan fingerprint density at radius 3 is 2.41 bits per heavy atom. The number of carbonyl (C=O) groups excluding carboxylic acids is 1. The van der Waals surface area contributed by atoms with E-state index in [1.165, 1.54) is 33.1 Å². The van der Waals surface area contributed by atoms with Crippen molar-refractivity contribution in [2.24, 2.45) is 10.3 Å². The maximum Gasteiger partial charge on any atom is 0.416 e. The Morgan fingerprint density at radius 1 is 1.03 bits per heavy atom. The molecular weight excluding hydrogens is 389 g/mol. The molecule has 2 aromatic carbocycles. The molecule has 0 radical (unpaired) electrons. The molecule has 0 N–H and O–H groups in total. The molecule has 2 aromatic rings. The van der Waals surface area contributed by atoms with Crippen LogP contribution in [-0.4, -0.2) is 24.7 Å². The summed E-state index contributed by atoms with van der Waals surface area (Å²) in [6.07, 6.45) is -4.44. The minimum absolute atomic E-state index is 0.0313. The van der Waals surface area contributed by atoms with E-state index in [1.807, 2.05) is 0 Å². The fourth-order valence-corrected chi connectivity index (χ4v) is 2.37. The summed E-state index contributed by atoms with van der Waals surface area (Å²) in [5.41, 5.74) is 0.840. The van der Waals surface area contributed by atoms with Gasteiger partial charge in [0, 0.05) is 18.1 Å². The molecule has 0 amide bonds. The van der Waals surface area contributed by atoms with Crippen LogP contribution in [0.5, 0.6) is 0 Å². The Morgan fingerprint density at radius 2 is 1.76 bits per heavy atom. The fourth-order valence-electron chi connectivity index (χ4n) is 2.37. The molecule has 0 saturated carbocycles.